The second-order valence-electron chi connectivity index (χ2n) is 2.08. The highest BCUT2D eigenvalue weighted by Gasteiger charge is 2.27. The van der Waals surface area contributed by atoms with Crippen LogP contribution in [0.3, 0.4) is 0 Å². The molecule has 0 N–H and O–H groups in total. The molecule has 0 unspecified atom stereocenters. The van der Waals surface area contributed by atoms with E-state index in [1.165, 1.54) is 0 Å². The highest BCUT2D eigenvalue weighted by molar-refractivity contribution is 4.68. The number of rotatable bonds is 1. The first kappa shape index (κ1) is 6.05. The third-order valence-corrected chi connectivity index (χ3v) is 1.35. The summed E-state index contributed by atoms with van der Waals surface area (Å²) in [5, 5.41) is 0. The molecular weight excluding hydrogens is 104 g/mol. The summed E-state index contributed by atoms with van der Waals surface area (Å²) in [6.07, 6.45) is 0.688. The molecule has 0 aromatic heterocycles. The SMILES string of the molecule is [CH2]CC1(C)OCCO1. The lowest BCUT2D eigenvalue weighted by molar-refractivity contribution is -0.138. The van der Waals surface area contributed by atoms with Crippen LogP contribution in [0.5, 0.6) is 0 Å². The summed E-state index contributed by atoms with van der Waals surface area (Å²) < 4.78 is 10.4. The van der Waals surface area contributed by atoms with Crippen molar-refractivity contribution in [3.63, 3.8) is 0 Å². The molecule has 1 saturated heterocycles. The number of hydrogen-bond donors (Lipinski definition) is 0. The first-order valence-corrected chi connectivity index (χ1v) is 2.84. The Hall–Kier alpha value is -0.0800. The largest absolute Gasteiger partial charge is 0.348 e. The van der Waals surface area contributed by atoms with Gasteiger partial charge in [0, 0.05) is 6.42 Å². The van der Waals surface area contributed by atoms with Crippen molar-refractivity contribution in [2.75, 3.05) is 13.2 Å². The van der Waals surface area contributed by atoms with E-state index in [0.717, 1.165) is 0 Å². The van der Waals surface area contributed by atoms with Crippen molar-refractivity contribution < 1.29 is 9.47 Å². The summed E-state index contributed by atoms with van der Waals surface area (Å²) in [6.45, 7) is 7.03. The summed E-state index contributed by atoms with van der Waals surface area (Å²) in [6, 6.07) is 0. The average molecular weight is 115 g/mol. The maximum absolute atomic E-state index is 5.20. The molecule has 0 bridgehead atoms. The van der Waals surface area contributed by atoms with E-state index in [2.05, 4.69) is 6.92 Å². The lowest BCUT2D eigenvalue weighted by Gasteiger charge is -2.18. The van der Waals surface area contributed by atoms with E-state index < -0.39 is 0 Å². The molecule has 1 rings (SSSR count). The van der Waals surface area contributed by atoms with Gasteiger partial charge >= 0.3 is 0 Å². The van der Waals surface area contributed by atoms with E-state index in [1.807, 2.05) is 6.92 Å². The molecule has 1 fully saturated rings. The van der Waals surface area contributed by atoms with E-state index >= 15 is 0 Å². The Morgan fingerprint density at radius 1 is 1.50 bits per heavy atom. The molecule has 1 heterocycles. The van der Waals surface area contributed by atoms with Crippen molar-refractivity contribution in [2.24, 2.45) is 0 Å². The van der Waals surface area contributed by atoms with Crippen LogP contribution in [-0.2, 0) is 9.47 Å². The Morgan fingerprint density at radius 2 is 2.00 bits per heavy atom. The fourth-order valence-electron chi connectivity index (χ4n) is 0.701. The molecule has 0 amide bonds. The third-order valence-electron chi connectivity index (χ3n) is 1.35. The van der Waals surface area contributed by atoms with Crippen LogP contribution >= 0.6 is 0 Å². The van der Waals surface area contributed by atoms with Gasteiger partial charge in [0.15, 0.2) is 5.79 Å². The molecular formula is C6H11O2. The molecule has 0 spiro atoms. The average Bonchev–Trinajstić information content (AvgIpc) is 2.17. The summed E-state index contributed by atoms with van der Waals surface area (Å²) in [5.41, 5.74) is 0. The van der Waals surface area contributed by atoms with Crippen molar-refractivity contribution in [1.29, 1.82) is 0 Å². The molecule has 8 heavy (non-hydrogen) atoms. The van der Waals surface area contributed by atoms with E-state index in [4.69, 9.17) is 9.47 Å². The zero-order valence-corrected chi connectivity index (χ0v) is 5.14. The van der Waals surface area contributed by atoms with Crippen LogP contribution in [0.4, 0.5) is 0 Å². The monoisotopic (exact) mass is 115 g/mol. The van der Waals surface area contributed by atoms with E-state index in [1.54, 1.807) is 0 Å². The van der Waals surface area contributed by atoms with Crippen LogP contribution in [0.2, 0.25) is 0 Å². The quantitative estimate of drug-likeness (QED) is 0.507. The predicted octanol–water partition coefficient (Wildman–Crippen LogP) is 0.974. The van der Waals surface area contributed by atoms with Gasteiger partial charge in [0.25, 0.3) is 0 Å². The Morgan fingerprint density at radius 3 is 2.25 bits per heavy atom. The van der Waals surface area contributed by atoms with Gasteiger partial charge in [0.2, 0.25) is 0 Å². The van der Waals surface area contributed by atoms with Crippen LogP contribution in [0.1, 0.15) is 13.3 Å². The predicted molar refractivity (Wildman–Crippen MR) is 30.3 cm³/mol. The summed E-state index contributed by atoms with van der Waals surface area (Å²) in [4.78, 5) is 0. The molecule has 1 aliphatic heterocycles. The second-order valence-corrected chi connectivity index (χ2v) is 2.08. The minimum atomic E-state index is -0.375. The van der Waals surface area contributed by atoms with E-state index in [9.17, 15) is 0 Å². The maximum atomic E-state index is 5.20. The Labute approximate surface area is 49.8 Å². The molecule has 2 nitrogen and oxygen atoms in total. The Balaban J connectivity index is 2.40. The lowest BCUT2D eigenvalue weighted by Crippen LogP contribution is -2.23. The molecule has 2 heteroatoms. The molecule has 0 saturated carbocycles. The maximum Gasteiger partial charge on any atom is 0.165 e. The lowest BCUT2D eigenvalue weighted by atomic mass is 10.2. The van der Waals surface area contributed by atoms with Gasteiger partial charge in [0.05, 0.1) is 13.2 Å². The van der Waals surface area contributed by atoms with Crippen molar-refractivity contribution >= 4 is 0 Å². The standard InChI is InChI=1S/C6H11O2/c1-3-6(2)7-4-5-8-6/h1,3-5H2,2H3. The highest BCUT2D eigenvalue weighted by atomic mass is 16.7. The van der Waals surface area contributed by atoms with Gasteiger partial charge < -0.3 is 9.47 Å². The highest BCUT2D eigenvalue weighted by Crippen LogP contribution is 2.20. The Bertz CT molecular complexity index is 74.6. The first-order chi connectivity index (χ1) is 3.77. The summed E-state index contributed by atoms with van der Waals surface area (Å²) in [5.74, 6) is -0.375. The Kier molecular flexibility index (Phi) is 1.54. The van der Waals surface area contributed by atoms with Crippen LogP contribution in [0.15, 0.2) is 0 Å². The minimum Gasteiger partial charge on any atom is -0.348 e. The molecule has 0 aromatic rings. The van der Waals surface area contributed by atoms with Gasteiger partial charge in [-0.25, -0.2) is 0 Å². The third kappa shape index (κ3) is 1.01. The zero-order valence-electron chi connectivity index (χ0n) is 5.14. The number of ether oxygens (including phenoxy) is 2. The van der Waals surface area contributed by atoms with Gasteiger partial charge in [0.1, 0.15) is 0 Å². The fraction of sp³-hybridized carbons (Fsp3) is 0.833. The zero-order chi connectivity index (χ0) is 6.04. The van der Waals surface area contributed by atoms with Crippen LogP contribution in [0.25, 0.3) is 0 Å². The molecule has 1 aliphatic rings. The first-order valence-electron chi connectivity index (χ1n) is 2.84. The molecule has 0 atom stereocenters. The van der Waals surface area contributed by atoms with Crippen LogP contribution in [0, 0.1) is 6.92 Å². The van der Waals surface area contributed by atoms with Crippen LogP contribution < -0.4 is 0 Å². The molecule has 1 radical (unpaired) electrons. The summed E-state index contributed by atoms with van der Waals surface area (Å²) >= 11 is 0. The molecule has 0 aromatic carbocycles. The topological polar surface area (TPSA) is 18.5 Å². The van der Waals surface area contributed by atoms with Gasteiger partial charge in [-0.2, -0.15) is 0 Å². The van der Waals surface area contributed by atoms with Crippen molar-refractivity contribution in [1.82, 2.24) is 0 Å². The number of hydrogen-bond acceptors (Lipinski definition) is 2. The van der Waals surface area contributed by atoms with Gasteiger partial charge in [-0.3, -0.25) is 0 Å². The normalized spacial score (nSPS) is 26.2. The smallest absolute Gasteiger partial charge is 0.165 e. The van der Waals surface area contributed by atoms with Crippen molar-refractivity contribution in [3.05, 3.63) is 6.92 Å². The van der Waals surface area contributed by atoms with Crippen LogP contribution in [-0.4, -0.2) is 19.0 Å². The second kappa shape index (κ2) is 2.03. The summed E-state index contributed by atoms with van der Waals surface area (Å²) in [7, 11) is 0. The van der Waals surface area contributed by atoms with E-state index in [0.29, 0.717) is 19.6 Å². The van der Waals surface area contributed by atoms with Crippen molar-refractivity contribution in [2.45, 2.75) is 19.1 Å². The minimum absolute atomic E-state index is 0.375. The molecule has 0 aliphatic carbocycles. The van der Waals surface area contributed by atoms with Gasteiger partial charge in [-0.15, -0.1) is 0 Å². The molecule has 47 valence electrons. The fourth-order valence-corrected chi connectivity index (χ4v) is 0.701. The van der Waals surface area contributed by atoms with Crippen molar-refractivity contribution in [3.8, 4) is 0 Å². The van der Waals surface area contributed by atoms with E-state index in [-0.39, 0.29) is 5.79 Å². The van der Waals surface area contributed by atoms with Gasteiger partial charge in [-0.1, -0.05) is 0 Å². The van der Waals surface area contributed by atoms with Gasteiger partial charge in [-0.05, 0) is 13.8 Å².